The van der Waals surface area contributed by atoms with Gasteiger partial charge in [0.15, 0.2) is 0 Å². The molecule has 2 unspecified atom stereocenters. The minimum absolute atomic E-state index is 0.160. The van der Waals surface area contributed by atoms with Gasteiger partial charge in [-0.15, -0.1) is 0 Å². The second-order valence-electron chi connectivity index (χ2n) is 15.9. The van der Waals surface area contributed by atoms with E-state index < -0.39 is 8.80 Å². The third-order valence-electron chi connectivity index (χ3n) is 10.5. The van der Waals surface area contributed by atoms with Crippen molar-refractivity contribution < 1.29 is 0 Å². The van der Waals surface area contributed by atoms with E-state index in [0.29, 0.717) is 11.1 Å². The first-order valence-corrected chi connectivity index (χ1v) is 19.4. The zero-order valence-electron chi connectivity index (χ0n) is 29.7. The monoisotopic (exact) mass is 621 g/mol. The van der Waals surface area contributed by atoms with Crippen molar-refractivity contribution in [2.45, 2.75) is 110 Å². The van der Waals surface area contributed by atoms with Gasteiger partial charge in [-0.3, -0.25) is 0 Å². The van der Waals surface area contributed by atoms with Gasteiger partial charge in [0.2, 0.25) is 0 Å². The summed E-state index contributed by atoms with van der Waals surface area (Å²) in [6.45, 7) is 21.0. The average Bonchev–Trinajstić information content (AvgIpc) is 3.54. The topological polar surface area (TPSA) is 0 Å². The molecule has 0 bridgehead atoms. The molecule has 1 radical (unpaired) electrons. The van der Waals surface area contributed by atoms with E-state index in [9.17, 15) is 0 Å². The van der Waals surface area contributed by atoms with Crippen LogP contribution in [0.3, 0.4) is 0 Å². The first kappa shape index (κ1) is 32.5. The van der Waals surface area contributed by atoms with Crippen LogP contribution in [0, 0.1) is 0 Å². The van der Waals surface area contributed by atoms with E-state index in [-0.39, 0.29) is 10.8 Å². The van der Waals surface area contributed by atoms with Crippen molar-refractivity contribution in [2.75, 3.05) is 0 Å². The Hall–Kier alpha value is -3.42. The fourth-order valence-corrected chi connectivity index (χ4v) is 12.1. The Kier molecular flexibility index (Phi) is 8.94. The molecule has 4 aromatic carbocycles. The summed E-state index contributed by atoms with van der Waals surface area (Å²) >= 11 is 0. The molecule has 0 amide bonds. The summed E-state index contributed by atoms with van der Waals surface area (Å²) in [6.07, 6.45) is 8.99. The minimum atomic E-state index is -0.877. The molecule has 0 N–H and O–H groups in total. The lowest BCUT2D eigenvalue weighted by atomic mass is 9.86. The third-order valence-corrected chi connectivity index (χ3v) is 14.4. The first-order chi connectivity index (χ1) is 21.9. The van der Waals surface area contributed by atoms with E-state index >= 15 is 0 Å². The number of benzene rings is 4. The maximum absolute atomic E-state index is 2.54. The summed E-state index contributed by atoms with van der Waals surface area (Å²) in [5, 5.41) is 0. The van der Waals surface area contributed by atoms with Crippen LogP contribution in [0.1, 0.15) is 126 Å². The second kappa shape index (κ2) is 12.6. The van der Waals surface area contributed by atoms with E-state index in [0.717, 1.165) is 0 Å². The van der Waals surface area contributed by atoms with Crippen LogP contribution < -0.4 is 0 Å². The molecule has 2 aliphatic rings. The number of fused-ring (bicyclic) bond motifs is 2. The number of allylic oxidation sites excluding steroid dienone is 2. The normalized spacial score (nSPS) is 17.6. The Balaban J connectivity index is 1.40. The van der Waals surface area contributed by atoms with E-state index in [1.165, 1.54) is 69.8 Å². The lowest BCUT2D eigenvalue weighted by Crippen LogP contribution is -2.31. The molecule has 2 aliphatic carbocycles. The van der Waals surface area contributed by atoms with Crippen LogP contribution in [0.4, 0.5) is 0 Å². The van der Waals surface area contributed by atoms with Gasteiger partial charge in [-0.25, -0.2) is 0 Å². The molecule has 0 aliphatic heterocycles. The minimum Gasteiger partial charge on any atom is -0.0681 e. The van der Waals surface area contributed by atoms with E-state index in [4.69, 9.17) is 0 Å². The summed E-state index contributed by atoms with van der Waals surface area (Å²) in [7, 11) is -0.877. The molecule has 1 heteroatoms. The molecule has 0 heterocycles. The Labute approximate surface area is 281 Å². The van der Waals surface area contributed by atoms with Crippen LogP contribution in [0.15, 0.2) is 96.1 Å². The molecule has 46 heavy (non-hydrogen) atoms. The van der Waals surface area contributed by atoms with Crippen molar-refractivity contribution >= 4 is 20.9 Å². The Morgan fingerprint density at radius 1 is 0.543 bits per heavy atom. The second-order valence-corrected chi connectivity index (χ2v) is 18.8. The summed E-state index contributed by atoms with van der Waals surface area (Å²) < 4.78 is 0. The average molecular weight is 622 g/mol. The molecule has 0 fully saturated rings. The van der Waals surface area contributed by atoms with Crippen LogP contribution in [-0.2, 0) is 10.8 Å². The summed E-state index contributed by atoms with van der Waals surface area (Å²) in [5.74, 6) is 0. The largest absolute Gasteiger partial charge is 0.0749 e. The summed E-state index contributed by atoms with van der Waals surface area (Å²) in [4.78, 5) is 0. The summed E-state index contributed by atoms with van der Waals surface area (Å²) in [5.41, 5.74) is 18.8. The Morgan fingerprint density at radius 3 is 1.33 bits per heavy atom. The van der Waals surface area contributed by atoms with Crippen molar-refractivity contribution in [1.29, 1.82) is 0 Å². The lowest BCUT2D eigenvalue weighted by Gasteiger charge is -2.32. The predicted octanol–water partition coefficient (Wildman–Crippen LogP) is 13.1. The van der Waals surface area contributed by atoms with Gasteiger partial charge in [0.25, 0.3) is 0 Å². The van der Waals surface area contributed by atoms with Crippen LogP contribution in [0.5, 0.6) is 0 Å². The lowest BCUT2D eigenvalue weighted by molar-refractivity contribution is 0.590. The predicted molar refractivity (Wildman–Crippen MR) is 204 cm³/mol. The molecule has 237 valence electrons. The van der Waals surface area contributed by atoms with Crippen LogP contribution in [0.2, 0.25) is 6.04 Å². The van der Waals surface area contributed by atoms with Crippen LogP contribution in [0.25, 0.3) is 34.4 Å². The summed E-state index contributed by atoms with van der Waals surface area (Å²) in [6, 6.07) is 34.3. The van der Waals surface area contributed by atoms with Gasteiger partial charge in [0, 0.05) is 0 Å². The van der Waals surface area contributed by atoms with Gasteiger partial charge in [0.05, 0.1) is 8.80 Å². The van der Waals surface area contributed by atoms with E-state index in [1.54, 1.807) is 22.3 Å². The highest BCUT2D eigenvalue weighted by Gasteiger charge is 2.41. The Morgan fingerprint density at radius 2 is 0.957 bits per heavy atom. The van der Waals surface area contributed by atoms with Crippen molar-refractivity contribution in [3.05, 3.63) is 129 Å². The van der Waals surface area contributed by atoms with Gasteiger partial charge in [-0.1, -0.05) is 182 Å². The highest BCUT2D eigenvalue weighted by molar-refractivity contribution is 6.64. The van der Waals surface area contributed by atoms with Gasteiger partial charge < -0.3 is 0 Å². The SMILES string of the molecule is CCCCC[Si](C1C(C)=Cc2c(-c3ccc(C(C)(C)C)cc3)cccc21)C1C(C)=Cc2c(-c3ccc(C(C)(C)C)cc3)cccc21. The quantitative estimate of drug-likeness (QED) is 0.136. The van der Waals surface area contributed by atoms with E-state index in [2.05, 4.69) is 159 Å². The highest BCUT2D eigenvalue weighted by atomic mass is 28.3. The fraction of sp³-hybridized carbons (Fsp3) is 0.378. The maximum atomic E-state index is 2.54. The van der Waals surface area contributed by atoms with Crippen molar-refractivity contribution in [3.63, 3.8) is 0 Å². The molecule has 0 saturated heterocycles. The van der Waals surface area contributed by atoms with Gasteiger partial charge in [-0.2, -0.15) is 0 Å². The van der Waals surface area contributed by atoms with Crippen LogP contribution in [-0.4, -0.2) is 8.80 Å². The van der Waals surface area contributed by atoms with Gasteiger partial charge >= 0.3 is 0 Å². The molecule has 0 spiro atoms. The molecule has 4 aromatic rings. The number of rotatable bonds is 8. The third kappa shape index (κ3) is 6.16. The van der Waals surface area contributed by atoms with Crippen molar-refractivity contribution in [1.82, 2.24) is 0 Å². The smallest absolute Gasteiger partial charge is 0.0681 e. The first-order valence-electron chi connectivity index (χ1n) is 17.6. The van der Waals surface area contributed by atoms with Gasteiger partial charge in [0.1, 0.15) is 0 Å². The maximum Gasteiger partial charge on any atom is 0.0749 e. The zero-order valence-corrected chi connectivity index (χ0v) is 30.7. The van der Waals surface area contributed by atoms with Crippen molar-refractivity contribution in [2.24, 2.45) is 0 Å². The van der Waals surface area contributed by atoms with E-state index in [1.807, 2.05) is 0 Å². The van der Waals surface area contributed by atoms with Crippen molar-refractivity contribution in [3.8, 4) is 22.3 Å². The Bertz CT molecular complexity index is 1640. The molecule has 0 aromatic heterocycles. The molecule has 0 saturated carbocycles. The molecule has 6 rings (SSSR count). The molecular weight excluding hydrogens is 569 g/mol. The number of hydrogen-bond donors (Lipinski definition) is 0. The van der Waals surface area contributed by atoms with Gasteiger partial charge in [-0.05, 0) is 91.4 Å². The number of unbranched alkanes of at least 4 members (excludes halogenated alkanes) is 2. The highest BCUT2D eigenvalue weighted by Crippen LogP contribution is 2.51. The molecule has 2 atom stereocenters. The fourth-order valence-electron chi connectivity index (χ4n) is 7.93. The van der Waals surface area contributed by atoms with Crippen LogP contribution >= 0.6 is 0 Å². The molecular formula is C45H53Si. The number of hydrogen-bond acceptors (Lipinski definition) is 0. The standard InChI is InChI=1S/C45H53Si/c1-10-11-12-27-46(42-30(2)28-40-36(15-13-17-38(40)42)32-19-23-34(24-20-32)44(4,5)6)43-31(3)29-41-37(16-14-18-39(41)43)33-21-25-35(26-22-33)45(7,8)9/h13-26,28-29,42-43H,10-12,27H2,1-9H3. The zero-order chi connectivity index (χ0) is 32.8. The molecule has 0 nitrogen and oxygen atoms in total.